The minimum atomic E-state index is -0.731. The monoisotopic (exact) mass is 899 g/mol. The first-order chi connectivity index (χ1) is 32.1. The molecule has 5 aliphatic rings. The van der Waals surface area contributed by atoms with Crippen LogP contribution in [0.2, 0.25) is 0 Å². The Morgan fingerprint density at radius 3 is 2.27 bits per heavy atom. The molecular formula is C48H55F2N13O3. The second-order valence-electron chi connectivity index (χ2n) is 18.7. The van der Waals surface area contributed by atoms with Gasteiger partial charge in [0.2, 0.25) is 17.7 Å². The van der Waals surface area contributed by atoms with Crippen LogP contribution in [-0.2, 0) is 14.4 Å². The Morgan fingerprint density at radius 1 is 0.879 bits per heavy atom. The highest BCUT2D eigenvalue weighted by molar-refractivity contribution is 6.01. The molecule has 18 heteroatoms. The maximum absolute atomic E-state index is 15.4. The molecule has 2 aliphatic carbocycles. The number of benzene rings is 1. The van der Waals surface area contributed by atoms with Crippen LogP contribution in [0.1, 0.15) is 95.6 Å². The highest BCUT2D eigenvalue weighted by Gasteiger charge is 2.41. The van der Waals surface area contributed by atoms with Crippen molar-refractivity contribution < 1.29 is 23.2 Å². The molecule has 0 bridgehead atoms. The molecule has 3 saturated heterocycles. The van der Waals surface area contributed by atoms with Gasteiger partial charge in [0.05, 0.1) is 41.4 Å². The normalized spacial score (nSPS) is 22.7. The molecule has 5 aromatic rings. The summed E-state index contributed by atoms with van der Waals surface area (Å²) in [5.74, 6) is -1.19. The number of rotatable bonds is 11. The topological polar surface area (TPSA) is 182 Å². The molecule has 3 aliphatic heterocycles. The maximum atomic E-state index is 15.4. The van der Waals surface area contributed by atoms with Crippen molar-refractivity contribution in [1.29, 1.82) is 5.26 Å². The van der Waals surface area contributed by atoms with Gasteiger partial charge in [0, 0.05) is 87.0 Å². The quantitative estimate of drug-likeness (QED) is 0.132. The third-order valence-electron chi connectivity index (χ3n) is 15.0. The average molecular weight is 900 g/mol. The molecule has 3 amide bonds. The molecule has 3 N–H and O–H groups in total. The van der Waals surface area contributed by atoms with E-state index in [1.807, 2.05) is 41.6 Å². The maximum Gasteiger partial charge on any atom is 0.249 e. The number of nitriles is 1. The van der Waals surface area contributed by atoms with Gasteiger partial charge in [-0.15, -0.1) is 0 Å². The SMILES string of the molecule is CCC1(C(=O)NC2CCC2)CCN(c2ccc(-c3nc(-c4cnn(C5CCC(N6CCN(c7c(F)cc(N[C@@H]8CCC(=O)NC8=O)cc7F)CC6)CC5)c4)cn4ncc(C#N)c34)cn2)CC1. The smallest absolute Gasteiger partial charge is 0.249 e. The standard InChI is InChI=1S/C48H55F2N13O3/c1-2-48(47(66)56-33-4-3-5-33)14-16-60(17-15-48)41-12-6-30(25-52-41)43-44-31(24-51)26-54-63(44)29-40(57-43)32-27-53-62(28-32)36-9-7-35(8-10-36)59-18-20-61(21-19-59)45-37(49)22-34(23-38(45)50)55-39-11-13-42(64)58-46(39)65/h6,12,22-23,25-29,33,35-36,39,55H,2-5,7-11,13-21H2,1H3,(H,56,66)(H,58,64,65)/t35?,36?,39-/m1/s1. The van der Waals surface area contributed by atoms with Crippen molar-refractivity contribution in [1.82, 2.24) is 44.9 Å². The summed E-state index contributed by atoms with van der Waals surface area (Å²) in [4.78, 5) is 53.4. The van der Waals surface area contributed by atoms with Gasteiger partial charge < -0.3 is 20.4 Å². The number of pyridine rings is 1. The number of nitrogens with one attached hydrogen (secondary N) is 3. The van der Waals surface area contributed by atoms with Crippen molar-refractivity contribution in [3.05, 3.63) is 72.4 Å². The lowest BCUT2D eigenvalue weighted by molar-refractivity contribution is -0.134. The van der Waals surface area contributed by atoms with Gasteiger partial charge in [-0.1, -0.05) is 6.92 Å². The zero-order chi connectivity index (χ0) is 45.5. The summed E-state index contributed by atoms with van der Waals surface area (Å²) in [6, 6.07) is 8.86. The van der Waals surface area contributed by atoms with E-state index in [0.29, 0.717) is 60.7 Å². The van der Waals surface area contributed by atoms with Crippen molar-refractivity contribution in [3.8, 4) is 28.6 Å². The van der Waals surface area contributed by atoms with Crippen LogP contribution in [0.15, 0.2) is 55.2 Å². The lowest BCUT2D eigenvalue weighted by atomic mass is 9.74. The Morgan fingerprint density at radius 2 is 1.62 bits per heavy atom. The summed E-state index contributed by atoms with van der Waals surface area (Å²) in [7, 11) is 0. The predicted octanol–water partition coefficient (Wildman–Crippen LogP) is 5.99. The molecular weight excluding hydrogens is 845 g/mol. The fourth-order valence-electron chi connectivity index (χ4n) is 10.6. The van der Waals surface area contributed by atoms with Crippen LogP contribution in [0.25, 0.3) is 28.0 Å². The van der Waals surface area contributed by atoms with Gasteiger partial charge in [-0.25, -0.2) is 23.3 Å². The zero-order valence-electron chi connectivity index (χ0n) is 37.2. The van der Waals surface area contributed by atoms with Crippen molar-refractivity contribution in [2.24, 2.45) is 5.41 Å². The number of anilines is 3. The first kappa shape index (κ1) is 43.4. The number of hydrogen-bond donors (Lipinski definition) is 3. The van der Waals surface area contributed by atoms with E-state index in [2.05, 4.69) is 43.8 Å². The van der Waals surface area contributed by atoms with Gasteiger partial charge in [-0.05, 0) is 94.9 Å². The number of piperidine rings is 2. The van der Waals surface area contributed by atoms with Crippen LogP contribution in [0, 0.1) is 28.4 Å². The average Bonchev–Trinajstić information content (AvgIpc) is 3.99. The van der Waals surface area contributed by atoms with Gasteiger partial charge in [0.1, 0.15) is 34.7 Å². The fourth-order valence-corrected chi connectivity index (χ4v) is 10.6. The van der Waals surface area contributed by atoms with Gasteiger partial charge in [0.15, 0.2) is 11.6 Å². The Balaban J connectivity index is 0.762. The van der Waals surface area contributed by atoms with Gasteiger partial charge >= 0.3 is 0 Å². The molecule has 10 rings (SSSR count). The molecule has 0 unspecified atom stereocenters. The second-order valence-corrected chi connectivity index (χ2v) is 18.7. The summed E-state index contributed by atoms with van der Waals surface area (Å²) in [6.07, 6.45) is 19.0. The van der Waals surface area contributed by atoms with Gasteiger partial charge in [-0.2, -0.15) is 15.5 Å². The predicted molar refractivity (Wildman–Crippen MR) is 243 cm³/mol. The van der Waals surface area contributed by atoms with Gasteiger partial charge in [0.25, 0.3) is 0 Å². The largest absolute Gasteiger partial charge is 0.373 e. The molecule has 2 saturated carbocycles. The Kier molecular flexibility index (Phi) is 11.9. The van der Waals surface area contributed by atoms with Crippen molar-refractivity contribution >= 4 is 40.4 Å². The van der Waals surface area contributed by atoms with Crippen LogP contribution < -0.4 is 25.8 Å². The molecule has 4 aromatic heterocycles. The molecule has 1 aromatic carbocycles. The third kappa shape index (κ3) is 8.44. The van der Waals surface area contributed by atoms with E-state index in [9.17, 15) is 19.6 Å². The van der Waals surface area contributed by atoms with Crippen molar-refractivity contribution in [3.63, 3.8) is 0 Å². The number of hydrogen-bond acceptors (Lipinski definition) is 12. The first-order valence-corrected chi connectivity index (χ1v) is 23.5. The van der Waals surface area contributed by atoms with E-state index < -0.39 is 23.6 Å². The molecule has 5 fully saturated rings. The molecule has 16 nitrogen and oxygen atoms in total. The van der Waals surface area contributed by atoms with Gasteiger partial charge in [-0.3, -0.25) is 29.3 Å². The second kappa shape index (κ2) is 18.1. The van der Waals surface area contributed by atoms with Crippen LogP contribution in [0.5, 0.6) is 0 Å². The minimum absolute atomic E-state index is 0.0613. The lowest BCUT2D eigenvalue weighted by Crippen LogP contribution is -2.52. The highest BCUT2D eigenvalue weighted by atomic mass is 19.1. The summed E-state index contributed by atoms with van der Waals surface area (Å²) in [6.45, 7) is 5.96. The van der Waals surface area contributed by atoms with E-state index in [1.165, 1.54) is 18.6 Å². The number of aromatic nitrogens is 6. The summed E-state index contributed by atoms with van der Waals surface area (Å²) >= 11 is 0. The van der Waals surface area contributed by atoms with Crippen molar-refractivity contribution in [2.75, 3.05) is 54.4 Å². The number of imide groups is 1. The van der Waals surface area contributed by atoms with E-state index in [0.717, 1.165) is 87.8 Å². The molecule has 0 radical (unpaired) electrons. The van der Waals surface area contributed by atoms with E-state index >= 15 is 8.78 Å². The molecule has 7 heterocycles. The van der Waals surface area contributed by atoms with E-state index in [4.69, 9.17) is 15.1 Å². The molecule has 344 valence electrons. The summed E-state index contributed by atoms with van der Waals surface area (Å²) in [5.41, 5.74) is 3.67. The number of amides is 3. The van der Waals surface area contributed by atoms with Crippen LogP contribution in [-0.4, -0.2) is 109 Å². The highest BCUT2D eigenvalue weighted by Crippen LogP contribution is 2.39. The molecule has 66 heavy (non-hydrogen) atoms. The number of nitrogens with zero attached hydrogens (tertiary/aromatic N) is 10. The Labute approximate surface area is 381 Å². The number of piperazine rings is 1. The third-order valence-corrected chi connectivity index (χ3v) is 15.0. The first-order valence-electron chi connectivity index (χ1n) is 23.5. The zero-order valence-corrected chi connectivity index (χ0v) is 37.2. The number of halogens is 2. The number of carbonyl (C=O) groups is 3. The van der Waals surface area contributed by atoms with E-state index in [-0.39, 0.29) is 47.5 Å². The van der Waals surface area contributed by atoms with Crippen LogP contribution in [0.4, 0.5) is 26.0 Å². The Bertz CT molecular complexity index is 2640. The van der Waals surface area contributed by atoms with Crippen molar-refractivity contribution in [2.45, 2.75) is 108 Å². The minimum Gasteiger partial charge on any atom is -0.373 e. The Hall–Kier alpha value is -6.48. The molecule has 1 atom stereocenters. The fraction of sp³-hybridized carbons (Fsp3) is 0.500. The summed E-state index contributed by atoms with van der Waals surface area (Å²) < 4.78 is 34.5. The van der Waals surface area contributed by atoms with Crippen LogP contribution >= 0.6 is 0 Å². The molecule has 0 spiro atoms. The number of carbonyl (C=O) groups excluding carboxylic acids is 3. The van der Waals surface area contributed by atoms with E-state index in [1.54, 1.807) is 15.6 Å². The lowest BCUT2D eigenvalue weighted by Gasteiger charge is -2.42. The summed E-state index contributed by atoms with van der Waals surface area (Å²) in [5, 5.41) is 27.7. The number of fused-ring (bicyclic) bond motifs is 1. The van der Waals surface area contributed by atoms with Crippen LogP contribution in [0.3, 0.4) is 0 Å².